The average Bonchev–Trinajstić information content (AvgIpc) is 2.15. The lowest BCUT2D eigenvalue weighted by atomic mass is 9.85. The van der Waals surface area contributed by atoms with Crippen LogP contribution in [0, 0.1) is 5.92 Å². The van der Waals surface area contributed by atoms with Crippen molar-refractivity contribution in [3.8, 4) is 0 Å². The molecule has 0 heterocycles. The normalized spacial score (nSPS) is 21.6. The lowest BCUT2D eigenvalue weighted by molar-refractivity contribution is 0.0756. The molecule has 1 unspecified atom stereocenters. The van der Waals surface area contributed by atoms with E-state index in [1.807, 2.05) is 13.8 Å². The van der Waals surface area contributed by atoms with E-state index < -0.39 is 5.60 Å². The van der Waals surface area contributed by atoms with Gasteiger partial charge in [-0.2, -0.15) is 0 Å². The van der Waals surface area contributed by atoms with Gasteiger partial charge in [-0.3, -0.25) is 0 Å². The molecule has 2 nitrogen and oxygen atoms in total. The molecule has 1 rings (SSSR count). The maximum absolute atomic E-state index is 9.61. The van der Waals surface area contributed by atoms with E-state index in [4.69, 9.17) is 0 Å². The van der Waals surface area contributed by atoms with Gasteiger partial charge in [0.05, 0.1) is 5.60 Å². The number of hydrogen-bond donors (Lipinski definition) is 2. The van der Waals surface area contributed by atoms with Crippen molar-refractivity contribution in [2.45, 2.75) is 70.9 Å². The minimum absolute atomic E-state index is 0.541. The topological polar surface area (TPSA) is 32.3 Å². The molecule has 15 heavy (non-hydrogen) atoms. The summed E-state index contributed by atoms with van der Waals surface area (Å²) in [6, 6.07) is 0.541. The number of rotatable bonds is 5. The molecule has 0 aromatic heterocycles. The van der Waals surface area contributed by atoms with Crippen LogP contribution in [0.2, 0.25) is 0 Å². The van der Waals surface area contributed by atoms with Crippen LogP contribution in [0.25, 0.3) is 0 Å². The highest BCUT2D eigenvalue weighted by molar-refractivity contribution is 4.75. The minimum Gasteiger partial charge on any atom is -0.389 e. The Morgan fingerprint density at radius 2 is 1.87 bits per heavy atom. The fraction of sp³-hybridized carbons (Fsp3) is 1.00. The first-order valence-corrected chi connectivity index (χ1v) is 6.43. The van der Waals surface area contributed by atoms with Crippen molar-refractivity contribution in [1.82, 2.24) is 5.32 Å². The maximum Gasteiger partial charge on any atom is 0.0715 e. The van der Waals surface area contributed by atoms with Crippen molar-refractivity contribution in [3.05, 3.63) is 0 Å². The van der Waals surface area contributed by atoms with Gasteiger partial charge in [-0.15, -0.1) is 0 Å². The predicted octanol–water partition coefficient (Wildman–Crippen LogP) is 2.71. The monoisotopic (exact) mass is 213 g/mol. The Morgan fingerprint density at radius 1 is 1.27 bits per heavy atom. The van der Waals surface area contributed by atoms with Crippen molar-refractivity contribution in [1.29, 1.82) is 0 Å². The van der Waals surface area contributed by atoms with Gasteiger partial charge < -0.3 is 10.4 Å². The molecule has 0 aromatic carbocycles. The summed E-state index contributed by atoms with van der Waals surface area (Å²) >= 11 is 0. The molecule has 0 bridgehead atoms. The summed E-state index contributed by atoms with van der Waals surface area (Å²) in [5.74, 6) is 0.919. The second-order valence-corrected chi connectivity index (χ2v) is 5.83. The van der Waals surface area contributed by atoms with E-state index in [9.17, 15) is 5.11 Å². The van der Waals surface area contributed by atoms with Gasteiger partial charge in [0.2, 0.25) is 0 Å². The molecule has 0 aromatic rings. The first-order valence-electron chi connectivity index (χ1n) is 6.43. The van der Waals surface area contributed by atoms with Gasteiger partial charge in [-0.1, -0.05) is 32.1 Å². The van der Waals surface area contributed by atoms with E-state index >= 15 is 0 Å². The molecule has 0 amide bonds. The molecule has 0 aliphatic heterocycles. The van der Waals surface area contributed by atoms with Gasteiger partial charge in [-0.05, 0) is 33.1 Å². The molecule has 2 heteroatoms. The van der Waals surface area contributed by atoms with Crippen LogP contribution in [0.15, 0.2) is 0 Å². The van der Waals surface area contributed by atoms with Crippen LogP contribution in [0.5, 0.6) is 0 Å². The third-order valence-corrected chi connectivity index (χ3v) is 3.29. The Labute approximate surface area is 94.5 Å². The summed E-state index contributed by atoms with van der Waals surface area (Å²) in [5.41, 5.74) is -0.583. The van der Waals surface area contributed by atoms with Gasteiger partial charge in [-0.25, -0.2) is 0 Å². The molecule has 1 aliphatic carbocycles. The van der Waals surface area contributed by atoms with Gasteiger partial charge >= 0.3 is 0 Å². The lowest BCUT2D eigenvalue weighted by Gasteiger charge is -2.27. The zero-order chi connectivity index (χ0) is 11.3. The zero-order valence-corrected chi connectivity index (χ0v) is 10.6. The number of hydrogen-bond acceptors (Lipinski definition) is 2. The molecule has 0 saturated heterocycles. The first-order chi connectivity index (χ1) is 6.97. The summed E-state index contributed by atoms with van der Waals surface area (Å²) in [7, 11) is 0. The Hall–Kier alpha value is -0.0800. The Balaban J connectivity index is 2.14. The SMILES string of the molecule is CC(CC1CCCCC1)NCC(C)(C)O. The van der Waals surface area contributed by atoms with Gasteiger partial charge in [0, 0.05) is 12.6 Å². The summed E-state index contributed by atoms with van der Waals surface area (Å²) in [6.07, 6.45) is 8.37. The Bertz CT molecular complexity index is 168. The van der Waals surface area contributed by atoms with Gasteiger partial charge in [0.25, 0.3) is 0 Å². The average molecular weight is 213 g/mol. The molecule has 1 saturated carbocycles. The van der Waals surface area contributed by atoms with Crippen molar-refractivity contribution < 1.29 is 5.11 Å². The summed E-state index contributed by atoms with van der Waals surface area (Å²) in [4.78, 5) is 0. The minimum atomic E-state index is -0.583. The van der Waals surface area contributed by atoms with Crippen molar-refractivity contribution in [3.63, 3.8) is 0 Å². The largest absolute Gasteiger partial charge is 0.389 e. The second kappa shape index (κ2) is 5.86. The van der Waals surface area contributed by atoms with Crippen molar-refractivity contribution in [2.24, 2.45) is 5.92 Å². The van der Waals surface area contributed by atoms with E-state index in [0.29, 0.717) is 12.6 Å². The quantitative estimate of drug-likeness (QED) is 0.736. The Morgan fingerprint density at radius 3 is 2.40 bits per heavy atom. The first kappa shape index (κ1) is 13.0. The fourth-order valence-corrected chi connectivity index (χ4v) is 2.43. The van der Waals surface area contributed by atoms with Crippen LogP contribution in [0.4, 0.5) is 0 Å². The third kappa shape index (κ3) is 6.16. The maximum atomic E-state index is 9.61. The molecule has 1 fully saturated rings. The highest BCUT2D eigenvalue weighted by Gasteiger charge is 2.18. The molecule has 90 valence electrons. The van der Waals surface area contributed by atoms with E-state index in [1.165, 1.54) is 38.5 Å². The van der Waals surface area contributed by atoms with Crippen LogP contribution in [-0.2, 0) is 0 Å². The highest BCUT2D eigenvalue weighted by atomic mass is 16.3. The number of aliphatic hydroxyl groups is 1. The van der Waals surface area contributed by atoms with E-state index in [2.05, 4.69) is 12.2 Å². The van der Waals surface area contributed by atoms with Crippen LogP contribution in [0.1, 0.15) is 59.3 Å². The molecule has 2 N–H and O–H groups in total. The highest BCUT2D eigenvalue weighted by Crippen LogP contribution is 2.27. The summed E-state index contributed by atoms with van der Waals surface area (Å²) in [6.45, 7) is 6.64. The van der Waals surface area contributed by atoms with Gasteiger partial charge in [0.15, 0.2) is 0 Å². The standard InChI is InChI=1S/C13H27NO/c1-11(14-10-13(2,3)15)9-12-7-5-4-6-8-12/h11-12,14-15H,4-10H2,1-3H3. The van der Waals surface area contributed by atoms with E-state index in [-0.39, 0.29) is 0 Å². The molecule has 0 spiro atoms. The van der Waals surface area contributed by atoms with Crippen molar-refractivity contribution in [2.75, 3.05) is 6.54 Å². The molecule has 0 radical (unpaired) electrons. The van der Waals surface area contributed by atoms with Crippen molar-refractivity contribution >= 4 is 0 Å². The second-order valence-electron chi connectivity index (χ2n) is 5.83. The van der Waals surface area contributed by atoms with Crippen LogP contribution >= 0.6 is 0 Å². The molecule has 1 aliphatic rings. The zero-order valence-electron chi connectivity index (χ0n) is 10.6. The third-order valence-electron chi connectivity index (χ3n) is 3.29. The predicted molar refractivity (Wildman–Crippen MR) is 65.0 cm³/mol. The van der Waals surface area contributed by atoms with E-state index in [0.717, 1.165) is 5.92 Å². The summed E-state index contributed by atoms with van der Waals surface area (Å²) in [5, 5.41) is 13.0. The lowest BCUT2D eigenvalue weighted by Crippen LogP contribution is -2.40. The Kier molecular flexibility index (Phi) is 5.07. The van der Waals surface area contributed by atoms with Gasteiger partial charge in [0.1, 0.15) is 0 Å². The van der Waals surface area contributed by atoms with Crippen LogP contribution < -0.4 is 5.32 Å². The fourth-order valence-electron chi connectivity index (χ4n) is 2.43. The molecular formula is C13H27NO. The van der Waals surface area contributed by atoms with E-state index in [1.54, 1.807) is 0 Å². The number of nitrogens with one attached hydrogen (secondary N) is 1. The van der Waals surface area contributed by atoms with Crippen LogP contribution in [-0.4, -0.2) is 23.3 Å². The van der Waals surface area contributed by atoms with Crippen LogP contribution in [0.3, 0.4) is 0 Å². The summed E-state index contributed by atoms with van der Waals surface area (Å²) < 4.78 is 0. The molecular weight excluding hydrogens is 186 g/mol. The molecule has 1 atom stereocenters. The smallest absolute Gasteiger partial charge is 0.0715 e.